The van der Waals surface area contributed by atoms with Crippen LogP contribution >= 0.6 is 27.5 Å². The second-order valence-electron chi connectivity index (χ2n) is 3.59. The summed E-state index contributed by atoms with van der Waals surface area (Å²) in [6.07, 6.45) is 0.837. The van der Waals surface area contributed by atoms with Crippen LogP contribution in [-0.2, 0) is 20.7 Å². The molecule has 0 spiro atoms. The standard InChI is InChI=1S/C12H13BrClNO3/c1-18-12(17)7-15-11(16)5-2-8-6-9(14)3-4-10(8)13/h3-4,6H,2,5,7H2,1H3,(H,15,16). The van der Waals surface area contributed by atoms with Crippen LogP contribution in [0.25, 0.3) is 0 Å². The zero-order chi connectivity index (χ0) is 13.5. The van der Waals surface area contributed by atoms with Crippen molar-refractivity contribution in [2.24, 2.45) is 0 Å². The van der Waals surface area contributed by atoms with Crippen molar-refractivity contribution in [2.45, 2.75) is 12.8 Å². The summed E-state index contributed by atoms with van der Waals surface area (Å²) >= 11 is 9.26. The van der Waals surface area contributed by atoms with Gasteiger partial charge in [-0.15, -0.1) is 0 Å². The highest BCUT2D eigenvalue weighted by Crippen LogP contribution is 2.22. The lowest BCUT2D eigenvalue weighted by molar-refractivity contribution is -0.141. The van der Waals surface area contributed by atoms with Crippen molar-refractivity contribution in [2.75, 3.05) is 13.7 Å². The van der Waals surface area contributed by atoms with E-state index in [0.717, 1.165) is 10.0 Å². The number of amides is 1. The van der Waals surface area contributed by atoms with Gasteiger partial charge in [0.05, 0.1) is 7.11 Å². The van der Waals surface area contributed by atoms with Gasteiger partial charge in [0.25, 0.3) is 0 Å². The third-order valence-electron chi connectivity index (χ3n) is 2.29. The summed E-state index contributed by atoms with van der Waals surface area (Å²) in [5.41, 5.74) is 0.954. The number of hydrogen-bond donors (Lipinski definition) is 1. The first-order valence-electron chi connectivity index (χ1n) is 5.30. The quantitative estimate of drug-likeness (QED) is 0.841. The molecule has 1 amide bonds. The van der Waals surface area contributed by atoms with Crippen LogP contribution in [0.5, 0.6) is 0 Å². The van der Waals surface area contributed by atoms with E-state index in [0.29, 0.717) is 11.4 Å². The highest BCUT2D eigenvalue weighted by Gasteiger charge is 2.07. The molecule has 1 aromatic rings. The number of carbonyl (C=O) groups is 2. The third kappa shape index (κ3) is 5.06. The molecule has 0 radical (unpaired) electrons. The summed E-state index contributed by atoms with van der Waals surface area (Å²) in [7, 11) is 1.28. The van der Waals surface area contributed by atoms with E-state index >= 15 is 0 Å². The Kier molecular flexibility index (Phi) is 6.15. The van der Waals surface area contributed by atoms with Crippen LogP contribution in [0.3, 0.4) is 0 Å². The molecule has 0 aliphatic heterocycles. The molecule has 0 aromatic heterocycles. The van der Waals surface area contributed by atoms with Crippen molar-refractivity contribution in [3.63, 3.8) is 0 Å². The van der Waals surface area contributed by atoms with Gasteiger partial charge in [-0.2, -0.15) is 0 Å². The Labute approximate surface area is 119 Å². The molecule has 0 fully saturated rings. The van der Waals surface area contributed by atoms with E-state index in [2.05, 4.69) is 26.0 Å². The summed E-state index contributed by atoms with van der Waals surface area (Å²) < 4.78 is 5.33. The first-order valence-corrected chi connectivity index (χ1v) is 6.47. The van der Waals surface area contributed by atoms with Crippen molar-refractivity contribution >= 4 is 39.4 Å². The Balaban J connectivity index is 2.42. The molecule has 0 unspecified atom stereocenters. The maximum absolute atomic E-state index is 11.5. The van der Waals surface area contributed by atoms with Gasteiger partial charge in [-0.05, 0) is 30.2 Å². The van der Waals surface area contributed by atoms with Crippen molar-refractivity contribution < 1.29 is 14.3 Å². The molecule has 0 heterocycles. The summed E-state index contributed by atoms with van der Waals surface area (Å²) in [6, 6.07) is 5.41. The highest BCUT2D eigenvalue weighted by atomic mass is 79.9. The van der Waals surface area contributed by atoms with Crippen molar-refractivity contribution in [1.29, 1.82) is 0 Å². The van der Waals surface area contributed by atoms with E-state index in [9.17, 15) is 9.59 Å². The maximum atomic E-state index is 11.5. The number of ether oxygens (including phenoxy) is 1. The van der Waals surface area contributed by atoms with Gasteiger partial charge in [0, 0.05) is 15.9 Å². The average molecular weight is 335 g/mol. The summed E-state index contributed by atoms with van der Waals surface area (Å²) in [4.78, 5) is 22.3. The number of carbonyl (C=O) groups excluding carboxylic acids is 2. The van der Waals surface area contributed by atoms with Crippen LogP contribution in [0.1, 0.15) is 12.0 Å². The van der Waals surface area contributed by atoms with Gasteiger partial charge in [-0.1, -0.05) is 27.5 Å². The van der Waals surface area contributed by atoms with Crippen LogP contribution in [0, 0.1) is 0 Å². The number of methoxy groups -OCH3 is 1. The van der Waals surface area contributed by atoms with Crippen LogP contribution in [-0.4, -0.2) is 25.5 Å². The van der Waals surface area contributed by atoms with E-state index in [4.69, 9.17) is 11.6 Å². The van der Waals surface area contributed by atoms with Gasteiger partial charge in [0.15, 0.2) is 0 Å². The van der Waals surface area contributed by atoms with E-state index in [1.807, 2.05) is 6.07 Å². The summed E-state index contributed by atoms with van der Waals surface area (Å²) in [5, 5.41) is 3.10. The van der Waals surface area contributed by atoms with Gasteiger partial charge in [-0.25, -0.2) is 0 Å². The number of benzene rings is 1. The molecule has 18 heavy (non-hydrogen) atoms. The molecule has 0 bridgehead atoms. The molecule has 98 valence electrons. The lowest BCUT2D eigenvalue weighted by Gasteiger charge is -2.06. The van der Waals surface area contributed by atoms with E-state index in [1.54, 1.807) is 12.1 Å². The fraction of sp³-hybridized carbons (Fsp3) is 0.333. The predicted molar refractivity (Wildman–Crippen MR) is 72.5 cm³/mol. The minimum atomic E-state index is -0.465. The first kappa shape index (κ1) is 15.0. The molecule has 1 aromatic carbocycles. The number of halogens is 2. The third-order valence-corrected chi connectivity index (χ3v) is 3.30. The molecule has 1 rings (SSSR count). The fourth-order valence-corrected chi connectivity index (χ4v) is 1.95. The van der Waals surface area contributed by atoms with Gasteiger partial charge in [-0.3, -0.25) is 9.59 Å². The Morgan fingerprint density at radius 2 is 2.17 bits per heavy atom. The second kappa shape index (κ2) is 7.38. The number of rotatable bonds is 5. The Morgan fingerprint density at radius 1 is 1.44 bits per heavy atom. The predicted octanol–water partition coefficient (Wildman–Crippen LogP) is 2.32. The van der Waals surface area contributed by atoms with Crippen LogP contribution in [0.15, 0.2) is 22.7 Å². The topological polar surface area (TPSA) is 55.4 Å². The normalized spacial score (nSPS) is 9.94. The minimum Gasteiger partial charge on any atom is -0.468 e. The highest BCUT2D eigenvalue weighted by molar-refractivity contribution is 9.10. The molecule has 0 saturated carbocycles. The lowest BCUT2D eigenvalue weighted by Crippen LogP contribution is -2.30. The maximum Gasteiger partial charge on any atom is 0.325 e. The molecule has 0 aliphatic rings. The molecule has 0 atom stereocenters. The Hall–Kier alpha value is -1.07. The van der Waals surface area contributed by atoms with E-state index in [-0.39, 0.29) is 18.9 Å². The molecular formula is C12H13BrClNO3. The molecular weight excluding hydrogens is 321 g/mol. The second-order valence-corrected chi connectivity index (χ2v) is 4.88. The van der Waals surface area contributed by atoms with Crippen molar-refractivity contribution in [3.05, 3.63) is 33.3 Å². The fourth-order valence-electron chi connectivity index (χ4n) is 1.31. The van der Waals surface area contributed by atoms with Crippen LogP contribution in [0.2, 0.25) is 5.02 Å². The monoisotopic (exact) mass is 333 g/mol. The van der Waals surface area contributed by atoms with E-state index in [1.165, 1.54) is 7.11 Å². The SMILES string of the molecule is COC(=O)CNC(=O)CCc1cc(Cl)ccc1Br. The van der Waals surface area contributed by atoms with E-state index < -0.39 is 5.97 Å². The van der Waals surface area contributed by atoms with Gasteiger partial charge >= 0.3 is 5.97 Å². The zero-order valence-corrected chi connectivity index (χ0v) is 12.2. The molecule has 0 aliphatic carbocycles. The van der Waals surface area contributed by atoms with Crippen LogP contribution < -0.4 is 5.32 Å². The molecule has 4 nitrogen and oxygen atoms in total. The van der Waals surface area contributed by atoms with Gasteiger partial charge in [0.1, 0.15) is 6.54 Å². The summed E-state index contributed by atoms with van der Waals surface area (Å²) in [5.74, 6) is -0.667. The Morgan fingerprint density at radius 3 is 2.83 bits per heavy atom. The lowest BCUT2D eigenvalue weighted by atomic mass is 10.1. The van der Waals surface area contributed by atoms with Gasteiger partial charge in [0.2, 0.25) is 5.91 Å². The number of esters is 1. The first-order chi connectivity index (χ1) is 8.52. The van der Waals surface area contributed by atoms with Gasteiger partial charge < -0.3 is 10.1 Å². The summed E-state index contributed by atoms with van der Waals surface area (Å²) in [6.45, 7) is -0.105. The smallest absolute Gasteiger partial charge is 0.325 e. The largest absolute Gasteiger partial charge is 0.468 e. The number of aryl methyl sites for hydroxylation is 1. The number of nitrogens with one attached hydrogen (secondary N) is 1. The van der Waals surface area contributed by atoms with Crippen LogP contribution in [0.4, 0.5) is 0 Å². The zero-order valence-electron chi connectivity index (χ0n) is 9.83. The minimum absolute atomic E-state index is 0.105. The van der Waals surface area contributed by atoms with Crippen molar-refractivity contribution in [3.8, 4) is 0 Å². The van der Waals surface area contributed by atoms with Crippen molar-refractivity contribution in [1.82, 2.24) is 5.32 Å². The molecule has 0 saturated heterocycles. The molecule has 6 heteroatoms. The Bertz CT molecular complexity index is 451. The molecule has 1 N–H and O–H groups in total. The average Bonchev–Trinajstić information content (AvgIpc) is 2.36. The number of hydrogen-bond acceptors (Lipinski definition) is 3.